The van der Waals surface area contributed by atoms with Crippen molar-refractivity contribution in [3.63, 3.8) is 0 Å². The SMILES string of the molecule is C=CC1=C(C=C)C(C)(C)/C(=C\CC(C)(C)C(/C=C/CNC)=C(/C=C\O)NCCC(C)C)N1C. The van der Waals surface area contributed by atoms with Crippen LogP contribution in [0.15, 0.2) is 84.1 Å². The van der Waals surface area contributed by atoms with Gasteiger partial charge in [0.2, 0.25) is 0 Å². The van der Waals surface area contributed by atoms with E-state index in [1.165, 1.54) is 16.8 Å². The van der Waals surface area contributed by atoms with Crippen molar-refractivity contribution in [2.24, 2.45) is 16.7 Å². The van der Waals surface area contributed by atoms with Gasteiger partial charge in [0.1, 0.15) is 0 Å². The molecule has 0 aliphatic carbocycles. The number of rotatable bonds is 13. The van der Waals surface area contributed by atoms with E-state index in [0.717, 1.165) is 43.6 Å². The van der Waals surface area contributed by atoms with E-state index in [-0.39, 0.29) is 10.8 Å². The van der Waals surface area contributed by atoms with Gasteiger partial charge in [0.05, 0.1) is 6.26 Å². The minimum atomic E-state index is -0.168. The fraction of sp³-hybridized carbons (Fsp3) is 0.517. The number of allylic oxidation sites excluding steroid dienone is 7. The topological polar surface area (TPSA) is 47.5 Å². The van der Waals surface area contributed by atoms with Crippen molar-refractivity contribution in [2.45, 2.75) is 54.4 Å². The molecule has 0 aromatic rings. The summed E-state index contributed by atoms with van der Waals surface area (Å²) in [6.07, 6.45) is 15.3. The first-order valence-corrected chi connectivity index (χ1v) is 12.0. The Morgan fingerprint density at radius 3 is 2.33 bits per heavy atom. The molecule has 0 spiro atoms. The van der Waals surface area contributed by atoms with E-state index in [2.05, 4.69) is 95.5 Å². The number of nitrogens with one attached hydrogen (secondary N) is 2. The van der Waals surface area contributed by atoms with Crippen molar-refractivity contribution >= 4 is 0 Å². The van der Waals surface area contributed by atoms with Crippen LogP contribution in [0.1, 0.15) is 54.4 Å². The zero-order valence-electron chi connectivity index (χ0n) is 22.3. The third-order valence-corrected chi connectivity index (χ3v) is 6.42. The van der Waals surface area contributed by atoms with E-state index in [4.69, 9.17) is 0 Å². The van der Waals surface area contributed by atoms with Crippen LogP contribution >= 0.6 is 0 Å². The molecule has 1 aliphatic heterocycles. The summed E-state index contributed by atoms with van der Waals surface area (Å²) in [7, 11) is 4.04. The van der Waals surface area contributed by atoms with Gasteiger partial charge in [0.15, 0.2) is 0 Å². The zero-order valence-corrected chi connectivity index (χ0v) is 22.3. The van der Waals surface area contributed by atoms with Crippen LogP contribution in [0.2, 0.25) is 0 Å². The molecule has 1 aliphatic rings. The van der Waals surface area contributed by atoms with Crippen molar-refractivity contribution in [3.05, 3.63) is 84.1 Å². The lowest BCUT2D eigenvalue weighted by atomic mass is 9.77. The molecular formula is C29H47N3O. The van der Waals surface area contributed by atoms with Crippen molar-refractivity contribution < 1.29 is 5.11 Å². The standard InChI is InChI=1S/C29H47N3O/c1-11-23-26(12-2)32(10)27(29(23,7)8)15-18-28(5,6)24(14-13-19-30-9)25(17-21-33)31-20-16-22(3)4/h11-15,17,21-22,30-31,33H,1-2,16,18-20H2,3-10H3/b14-13+,21-17-,25-24-,27-15+. The van der Waals surface area contributed by atoms with Gasteiger partial charge < -0.3 is 20.6 Å². The molecule has 0 saturated carbocycles. The highest BCUT2D eigenvalue weighted by atomic mass is 16.2. The average molecular weight is 454 g/mol. The summed E-state index contributed by atoms with van der Waals surface area (Å²) in [6.45, 7) is 23.2. The van der Waals surface area contributed by atoms with Crippen LogP contribution in [0.4, 0.5) is 0 Å². The molecule has 0 radical (unpaired) electrons. The van der Waals surface area contributed by atoms with Crippen LogP contribution in [-0.2, 0) is 0 Å². The Balaban J connectivity index is 3.41. The summed E-state index contributed by atoms with van der Waals surface area (Å²) in [5, 5.41) is 16.4. The summed E-state index contributed by atoms with van der Waals surface area (Å²) >= 11 is 0. The Hall–Kier alpha value is -2.46. The molecule has 0 saturated heterocycles. The second kappa shape index (κ2) is 12.7. The highest BCUT2D eigenvalue weighted by molar-refractivity contribution is 5.48. The molecule has 4 nitrogen and oxygen atoms in total. The molecule has 0 amide bonds. The Labute approximate surface area is 203 Å². The van der Waals surface area contributed by atoms with Crippen molar-refractivity contribution in [2.75, 3.05) is 27.2 Å². The van der Waals surface area contributed by atoms with E-state index >= 15 is 0 Å². The summed E-state index contributed by atoms with van der Waals surface area (Å²) < 4.78 is 0. The minimum Gasteiger partial charge on any atom is -0.516 e. The average Bonchev–Trinajstić information content (AvgIpc) is 2.92. The lowest BCUT2D eigenvalue weighted by molar-refractivity contribution is 0.417. The Morgan fingerprint density at radius 2 is 1.85 bits per heavy atom. The number of nitrogens with zero attached hydrogens (tertiary/aromatic N) is 1. The first kappa shape index (κ1) is 28.6. The number of likely N-dealkylation sites (N-methyl/N-ethyl adjacent to an activating group) is 2. The van der Waals surface area contributed by atoms with E-state index in [1.807, 2.05) is 19.2 Å². The predicted octanol–water partition coefficient (Wildman–Crippen LogP) is 6.62. The van der Waals surface area contributed by atoms with Gasteiger partial charge in [-0.25, -0.2) is 0 Å². The molecule has 0 aromatic carbocycles. The fourth-order valence-corrected chi connectivity index (χ4v) is 4.44. The van der Waals surface area contributed by atoms with Crippen molar-refractivity contribution in [1.29, 1.82) is 0 Å². The van der Waals surface area contributed by atoms with Crippen LogP contribution in [0.25, 0.3) is 0 Å². The number of aliphatic hydroxyl groups excluding tert-OH is 1. The van der Waals surface area contributed by atoms with Crippen molar-refractivity contribution in [3.8, 4) is 0 Å². The zero-order chi connectivity index (χ0) is 25.2. The molecule has 184 valence electrons. The predicted molar refractivity (Wildman–Crippen MR) is 145 cm³/mol. The summed E-state index contributed by atoms with van der Waals surface area (Å²) in [6, 6.07) is 0. The molecule has 0 aromatic heterocycles. The molecular weight excluding hydrogens is 406 g/mol. The number of aliphatic hydroxyl groups is 1. The molecule has 0 fully saturated rings. The molecule has 33 heavy (non-hydrogen) atoms. The van der Waals surface area contributed by atoms with E-state index in [1.54, 1.807) is 6.08 Å². The minimum absolute atomic E-state index is 0.134. The highest BCUT2D eigenvalue weighted by Gasteiger charge is 2.38. The summed E-state index contributed by atoms with van der Waals surface area (Å²) in [5.41, 5.74) is 5.40. The fourth-order valence-electron chi connectivity index (χ4n) is 4.44. The van der Waals surface area contributed by atoms with E-state index in [9.17, 15) is 5.11 Å². The lowest BCUT2D eigenvalue weighted by Gasteiger charge is -2.31. The maximum Gasteiger partial charge on any atom is 0.0812 e. The van der Waals surface area contributed by atoms with Crippen LogP contribution in [0.5, 0.6) is 0 Å². The normalized spacial score (nSPS) is 18.7. The molecule has 4 heteroatoms. The van der Waals surface area contributed by atoms with Crippen LogP contribution in [0, 0.1) is 16.7 Å². The Bertz CT molecular complexity index is 835. The third-order valence-electron chi connectivity index (χ3n) is 6.42. The van der Waals surface area contributed by atoms with Crippen molar-refractivity contribution in [1.82, 2.24) is 15.5 Å². The van der Waals surface area contributed by atoms with Gasteiger partial charge in [-0.2, -0.15) is 0 Å². The quantitative estimate of drug-likeness (QED) is 0.217. The number of hydrogen-bond donors (Lipinski definition) is 3. The van der Waals surface area contributed by atoms with Gasteiger partial charge in [-0.15, -0.1) is 0 Å². The largest absolute Gasteiger partial charge is 0.516 e. The molecule has 3 N–H and O–H groups in total. The van der Waals surface area contributed by atoms with E-state index < -0.39 is 0 Å². The maximum atomic E-state index is 9.62. The van der Waals surface area contributed by atoms with Crippen LogP contribution < -0.4 is 10.6 Å². The summed E-state index contributed by atoms with van der Waals surface area (Å²) in [5.74, 6) is 0.614. The van der Waals surface area contributed by atoms with Crippen LogP contribution in [0.3, 0.4) is 0 Å². The molecule has 0 bridgehead atoms. The number of hydrogen-bond acceptors (Lipinski definition) is 4. The van der Waals surface area contributed by atoms with Gasteiger partial charge in [0, 0.05) is 42.6 Å². The van der Waals surface area contributed by atoms with E-state index in [0.29, 0.717) is 5.92 Å². The van der Waals surface area contributed by atoms with Gasteiger partial charge in [-0.05, 0) is 54.5 Å². The highest BCUT2D eigenvalue weighted by Crippen LogP contribution is 2.48. The second-order valence-corrected chi connectivity index (χ2v) is 10.3. The van der Waals surface area contributed by atoms with Gasteiger partial charge in [-0.1, -0.05) is 79.0 Å². The molecule has 1 heterocycles. The Kier molecular flexibility index (Phi) is 11.0. The third kappa shape index (κ3) is 7.26. The monoisotopic (exact) mass is 453 g/mol. The van der Waals surface area contributed by atoms with Gasteiger partial charge >= 0.3 is 0 Å². The van der Waals surface area contributed by atoms with Gasteiger partial charge in [0.25, 0.3) is 0 Å². The smallest absolute Gasteiger partial charge is 0.0812 e. The van der Waals surface area contributed by atoms with Gasteiger partial charge in [-0.3, -0.25) is 0 Å². The first-order chi connectivity index (χ1) is 15.5. The summed E-state index contributed by atoms with van der Waals surface area (Å²) in [4.78, 5) is 2.23. The molecule has 0 unspecified atom stereocenters. The molecule has 0 atom stereocenters. The van der Waals surface area contributed by atoms with Crippen LogP contribution in [-0.4, -0.2) is 37.2 Å². The Morgan fingerprint density at radius 1 is 1.18 bits per heavy atom. The lowest BCUT2D eigenvalue weighted by Crippen LogP contribution is -2.24. The first-order valence-electron chi connectivity index (χ1n) is 12.0. The molecule has 1 rings (SSSR count). The second-order valence-electron chi connectivity index (χ2n) is 10.3. The maximum absolute atomic E-state index is 9.62.